The van der Waals surface area contributed by atoms with E-state index < -0.39 is 15.3 Å². The Bertz CT molecular complexity index is 1400. The highest BCUT2D eigenvalue weighted by atomic mass is 32.2. The van der Waals surface area contributed by atoms with Gasteiger partial charge in [-0.3, -0.25) is 4.79 Å². The maximum atomic E-state index is 12.7. The molecule has 4 aromatic rings. The maximum absolute atomic E-state index is 12.7. The van der Waals surface area contributed by atoms with E-state index in [0.29, 0.717) is 22.2 Å². The van der Waals surface area contributed by atoms with Crippen molar-refractivity contribution < 1.29 is 13.2 Å². The van der Waals surface area contributed by atoms with Crippen molar-refractivity contribution in [3.63, 3.8) is 0 Å². The summed E-state index contributed by atoms with van der Waals surface area (Å²) in [5.41, 5.74) is 3.57. The minimum atomic E-state index is -3.80. The summed E-state index contributed by atoms with van der Waals surface area (Å²) < 4.78 is 22.8. The molecule has 0 radical (unpaired) electrons. The molecule has 0 fully saturated rings. The lowest BCUT2D eigenvalue weighted by Crippen LogP contribution is -2.23. The molecule has 0 bridgehead atoms. The van der Waals surface area contributed by atoms with E-state index in [9.17, 15) is 13.2 Å². The van der Waals surface area contributed by atoms with Gasteiger partial charge in [0.25, 0.3) is 0 Å². The summed E-state index contributed by atoms with van der Waals surface area (Å²) in [6, 6.07) is 25.0. The first-order chi connectivity index (χ1) is 16.3. The number of nitrogens with zero attached hydrogens (tertiary/aromatic N) is 3. The van der Waals surface area contributed by atoms with E-state index in [-0.39, 0.29) is 10.8 Å². The van der Waals surface area contributed by atoms with Gasteiger partial charge in [-0.25, -0.2) is 18.5 Å². The molecule has 4 rings (SSSR count). The van der Waals surface area contributed by atoms with Gasteiger partial charge < -0.3 is 5.32 Å². The maximum Gasteiger partial charge on any atom is 0.238 e. The summed E-state index contributed by atoms with van der Waals surface area (Å²) in [6.45, 7) is 1.73. The van der Waals surface area contributed by atoms with Crippen LogP contribution in [0.4, 0.5) is 5.69 Å². The third kappa shape index (κ3) is 5.66. The number of anilines is 1. The molecule has 1 atom stereocenters. The summed E-state index contributed by atoms with van der Waals surface area (Å²) >= 11 is 1.18. The first-order valence-corrected chi connectivity index (χ1v) is 12.7. The standard InChI is InChI=1S/C24H21N5O3S2/c1-16(23(30)26-19-12-14-20(15-13-19)34(25,31)32)33-24-27-21(17-8-4-2-5-9-17)22(28-29-24)18-10-6-3-7-11-18/h2-16H,1H3,(H,26,30)(H2,25,31,32)/t16-/m1/s1. The van der Waals surface area contributed by atoms with E-state index in [4.69, 9.17) is 10.1 Å². The molecule has 0 aliphatic rings. The molecule has 0 spiro atoms. The number of benzene rings is 3. The highest BCUT2D eigenvalue weighted by Gasteiger charge is 2.19. The third-order valence-electron chi connectivity index (χ3n) is 4.86. The van der Waals surface area contributed by atoms with Crippen LogP contribution in [-0.4, -0.2) is 34.8 Å². The van der Waals surface area contributed by atoms with Crippen molar-refractivity contribution in [2.75, 3.05) is 5.32 Å². The number of amides is 1. The van der Waals surface area contributed by atoms with Gasteiger partial charge in [0, 0.05) is 16.8 Å². The van der Waals surface area contributed by atoms with Crippen LogP contribution in [0.1, 0.15) is 6.92 Å². The SMILES string of the molecule is C[C@@H](Sc1nnc(-c2ccccc2)c(-c2ccccc2)n1)C(=O)Nc1ccc(S(N)(=O)=O)cc1. The van der Waals surface area contributed by atoms with Gasteiger partial charge in [0.05, 0.1) is 10.1 Å². The van der Waals surface area contributed by atoms with Crippen LogP contribution in [0.2, 0.25) is 0 Å². The normalized spacial score (nSPS) is 12.2. The summed E-state index contributed by atoms with van der Waals surface area (Å²) in [4.78, 5) is 17.4. The first-order valence-electron chi connectivity index (χ1n) is 10.3. The second-order valence-electron chi connectivity index (χ2n) is 7.34. The number of thioether (sulfide) groups is 1. The van der Waals surface area contributed by atoms with Crippen LogP contribution in [0.5, 0.6) is 0 Å². The number of aromatic nitrogens is 3. The minimum Gasteiger partial charge on any atom is -0.325 e. The van der Waals surface area contributed by atoms with Crippen LogP contribution in [0.25, 0.3) is 22.5 Å². The molecular weight excluding hydrogens is 470 g/mol. The molecule has 34 heavy (non-hydrogen) atoms. The van der Waals surface area contributed by atoms with Crippen molar-refractivity contribution >= 4 is 33.4 Å². The van der Waals surface area contributed by atoms with Crippen molar-refractivity contribution in [1.29, 1.82) is 0 Å². The van der Waals surface area contributed by atoms with Crippen LogP contribution < -0.4 is 10.5 Å². The van der Waals surface area contributed by atoms with Crippen LogP contribution in [0.3, 0.4) is 0 Å². The summed E-state index contributed by atoms with van der Waals surface area (Å²) in [5.74, 6) is -0.287. The molecule has 0 saturated carbocycles. The highest BCUT2D eigenvalue weighted by molar-refractivity contribution is 8.00. The zero-order chi connectivity index (χ0) is 24.1. The zero-order valence-corrected chi connectivity index (χ0v) is 19.8. The van der Waals surface area contributed by atoms with Gasteiger partial charge in [0.2, 0.25) is 21.1 Å². The third-order valence-corrected chi connectivity index (χ3v) is 6.74. The Hall–Kier alpha value is -3.60. The second-order valence-corrected chi connectivity index (χ2v) is 10.2. The van der Waals surface area contributed by atoms with Crippen molar-refractivity contribution in [2.45, 2.75) is 22.2 Å². The molecule has 0 unspecified atom stereocenters. The van der Waals surface area contributed by atoms with Crippen molar-refractivity contribution in [3.05, 3.63) is 84.9 Å². The van der Waals surface area contributed by atoms with Gasteiger partial charge in [-0.15, -0.1) is 10.2 Å². The topological polar surface area (TPSA) is 128 Å². The lowest BCUT2D eigenvalue weighted by molar-refractivity contribution is -0.115. The Morgan fingerprint density at radius 1 is 0.853 bits per heavy atom. The average molecular weight is 492 g/mol. The van der Waals surface area contributed by atoms with Crippen molar-refractivity contribution in [1.82, 2.24) is 15.2 Å². The van der Waals surface area contributed by atoms with Gasteiger partial charge in [0.1, 0.15) is 11.4 Å². The number of hydrogen-bond acceptors (Lipinski definition) is 7. The molecule has 0 aliphatic carbocycles. The smallest absolute Gasteiger partial charge is 0.238 e. The van der Waals surface area contributed by atoms with E-state index in [1.165, 1.54) is 36.0 Å². The van der Waals surface area contributed by atoms with Crippen LogP contribution in [0.15, 0.2) is 95.0 Å². The summed E-state index contributed by atoms with van der Waals surface area (Å²) in [5, 5.41) is 16.4. The molecule has 10 heteroatoms. The molecular formula is C24H21N5O3S2. The summed E-state index contributed by atoms with van der Waals surface area (Å²) in [7, 11) is -3.80. The van der Waals surface area contributed by atoms with Gasteiger partial charge in [-0.05, 0) is 31.2 Å². The number of hydrogen-bond donors (Lipinski definition) is 2. The molecule has 0 saturated heterocycles. The molecule has 8 nitrogen and oxygen atoms in total. The Kier molecular flexibility index (Phi) is 7.01. The zero-order valence-electron chi connectivity index (χ0n) is 18.1. The Balaban J connectivity index is 1.54. The lowest BCUT2D eigenvalue weighted by atomic mass is 10.0. The highest BCUT2D eigenvalue weighted by Crippen LogP contribution is 2.30. The summed E-state index contributed by atoms with van der Waals surface area (Å²) in [6.07, 6.45) is 0. The van der Waals surface area contributed by atoms with E-state index in [0.717, 1.165) is 11.1 Å². The Morgan fingerprint density at radius 2 is 1.41 bits per heavy atom. The quantitative estimate of drug-likeness (QED) is 0.374. The number of primary sulfonamides is 1. The average Bonchev–Trinajstić information content (AvgIpc) is 2.85. The number of nitrogens with two attached hydrogens (primary N) is 1. The lowest BCUT2D eigenvalue weighted by Gasteiger charge is -2.13. The number of sulfonamides is 1. The molecule has 3 N–H and O–H groups in total. The van der Waals surface area contributed by atoms with Gasteiger partial charge in [-0.2, -0.15) is 0 Å². The molecule has 1 heterocycles. The molecule has 3 aromatic carbocycles. The second kappa shape index (κ2) is 10.1. The Morgan fingerprint density at radius 3 is 1.97 bits per heavy atom. The molecule has 172 valence electrons. The van der Waals surface area contributed by atoms with E-state index in [1.807, 2.05) is 60.7 Å². The van der Waals surface area contributed by atoms with Crippen molar-refractivity contribution in [3.8, 4) is 22.5 Å². The van der Waals surface area contributed by atoms with Crippen molar-refractivity contribution in [2.24, 2.45) is 5.14 Å². The molecule has 1 amide bonds. The van der Waals surface area contributed by atoms with E-state index >= 15 is 0 Å². The Labute approximate surface area is 201 Å². The largest absolute Gasteiger partial charge is 0.325 e. The number of carbonyl (C=O) groups excluding carboxylic acids is 1. The van der Waals surface area contributed by atoms with Crippen LogP contribution >= 0.6 is 11.8 Å². The predicted octanol–water partition coefficient (Wildman–Crippen LogP) is 3.97. The van der Waals surface area contributed by atoms with Crippen LogP contribution in [-0.2, 0) is 14.8 Å². The fraction of sp³-hybridized carbons (Fsp3) is 0.0833. The molecule has 1 aromatic heterocycles. The first kappa shape index (κ1) is 23.6. The number of nitrogens with one attached hydrogen (secondary N) is 1. The monoisotopic (exact) mass is 491 g/mol. The van der Waals surface area contributed by atoms with Gasteiger partial charge in [-0.1, -0.05) is 72.4 Å². The number of carbonyl (C=O) groups is 1. The van der Waals surface area contributed by atoms with Crippen LogP contribution in [0, 0.1) is 0 Å². The molecule has 0 aliphatic heterocycles. The van der Waals surface area contributed by atoms with Gasteiger partial charge >= 0.3 is 0 Å². The fourth-order valence-electron chi connectivity index (χ4n) is 3.13. The van der Waals surface area contributed by atoms with E-state index in [1.54, 1.807) is 6.92 Å². The van der Waals surface area contributed by atoms with E-state index in [2.05, 4.69) is 15.5 Å². The van der Waals surface area contributed by atoms with Gasteiger partial charge in [0.15, 0.2) is 0 Å². The fourth-order valence-corrected chi connectivity index (χ4v) is 4.36. The number of rotatable bonds is 7. The minimum absolute atomic E-state index is 0.0284. The predicted molar refractivity (Wildman–Crippen MR) is 132 cm³/mol.